The number of benzene rings is 2. The zero-order chi connectivity index (χ0) is 23.9. The highest BCUT2D eigenvalue weighted by atomic mass is 35.5. The Labute approximate surface area is 209 Å². The van der Waals surface area contributed by atoms with Crippen molar-refractivity contribution in [2.24, 2.45) is 0 Å². The van der Waals surface area contributed by atoms with E-state index in [0.717, 1.165) is 24.2 Å². The Kier molecular flexibility index (Phi) is 8.13. The first kappa shape index (κ1) is 24.2. The normalized spacial score (nSPS) is 14.2. The van der Waals surface area contributed by atoms with Crippen LogP contribution in [0.25, 0.3) is 0 Å². The SMILES string of the molecule is COc1ccc(Nc2nc(Nc3ccc(OC)c(Cl)c3)nc(NC3CCCCCC3)n2)cc1Cl. The highest BCUT2D eigenvalue weighted by Gasteiger charge is 2.16. The third-order valence-corrected chi connectivity index (χ3v) is 6.23. The number of aromatic nitrogens is 3. The molecule has 0 radical (unpaired) electrons. The Morgan fingerprint density at radius 3 is 1.62 bits per heavy atom. The first-order valence-corrected chi connectivity index (χ1v) is 12.0. The van der Waals surface area contributed by atoms with Gasteiger partial charge < -0.3 is 25.4 Å². The molecule has 4 rings (SSSR count). The maximum absolute atomic E-state index is 6.28. The molecule has 1 aliphatic carbocycles. The van der Waals surface area contributed by atoms with Crippen LogP contribution in [0.15, 0.2) is 36.4 Å². The topological polar surface area (TPSA) is 93.2 Å². The fourth-order valence-corrected chi connectivity index (χ4v) is 4.42. The smallest absolute Gasteiger partial charge is 0.233 e. The minimum absolute atomic E-state index is 0.330. The fraction of sp³-hybridized carbons (Fsp3) is 0.375. The average molecular weight is 503 g/mol. The predicted molar refractivity (Wildman–Crippen MR) is 138 cm³/mol. The summed E-state index contributed by atoms with van der Waals surface area (Å²) in [6.07, 6.45) is 7.14. The van der Waals surface area contributed by atoms with E-state index in [4.69, 9.17) is 32.7 Å². The van der Waals surface area contributed by atoms with Crippen LogP contribution in [0, 0.1) is 0 Å². The number of hydrogen-bond donors (Lipinski definition) is 3. The Hall–Kier alpha value is -2.97. The summed E-state index contributed by atoms with van der Waals surface area (Å²) in [5.74, 6) is 2.46. The van der Waals surface area contributed by atoms with Crippen molar-refractivity contribution < 1.29 is 9.47 Å². The summed E-state index contributed by atoms with van der Waals surface area (Å²) in [5.41, 5.74) is 1.46. The molecule has 1 heterocycles. The fourth-order valence-electron chi connectivity index (χ4n) is 3.91. The molecular weight excluding hydrogens is 475 g/mol. The minimum atomic E-state index is 0.330. The van der Waals surface area contributed by atoms with Crippen molar-refractivity contribution in [2.45, 2.75) is 44.6 Å². The molecule has 3 N–H and O–H groups in total. The highest BCUT2D eigenvalue weighted by molar-refractivity contribution is 6.32. The number of methoxy groups -OCH3 is 2. The zero-order valence-corrected chi connectivity index (χ0v) is 20.7. The average Bonchev–Trinajstić information content (AvgIpc) is 3.08. The maximum Gasteiger partial charge on any atom is 0.233 e. The van der Waals surface area contributed by atoms with Gasteiger partial charge >= 0.3 is 0 Å². The molecule has 34 heavy (non-hydrogen) atoms. The zero-order valence-electron chi connectivity index (χ0n) is 19.2. The van der Waals surface area contributed by atoms with Gasteiger partial charge in [-0.3, -0.25) is 0 Å². The van der Waals surface area contributed by atoms with E-state index in [1.807, 2.05) is 12.1 Å². The molecule has 2 aromatic carbocycles. The van der Waals surface area contributed by atoms with Crippen molar-refractivity contribution in [2.75, 3.05) is 30.2 Å². The highest BCUT2D eigenvalue weighted by Crippen LogP contribution is 2.30. The number of anilines is 5. The minimum Gasteiger partial charge on any atom is -0.495 e. The quantitative estimate of drug-likeness (QED) is 0.289. The first-order valence-electron chi connectivity index (χ1n) is 11.3. The second kappa shape index (κ2) is 11.4. The molecule has 1 saturated carbocycles. The lowest BCUT2D eigenvalue weighted by Crippen LogP contribution is -2.21. The number of rotatable bonds is 8. The number of nitrogens with one attached hydrogen (secondary N) is 3. The lowest BCUT2D eigenvalue weighted by atomic mass is 10.1. The van der Waals surface area contributed by atoms with Gasteiger partial charge in [-0.2, -0.15) is 15.0 Å². The van der Waals surface area contributed by atoms with Crippen LogP contribution >= 0.6 is 23.2 Å². The van der Waals surface area contributed by atoms with Gasteiger partial charge in [0.2, 0.25) is 17.8 Å². The van der Waals surface area contributed by atoms with Crippen molar-refractivity contribution in [3.63, 3.8) is 0 Å². The van der Waals surface area contributed by atoms with Crippen LogP contribution in [0.5, 0.6) is 11.5 Å². The lowest BCUT2D eigenvalue weighted by molar-refractivity contribution is 0.415. The summed E-state index contributed by atoms with van der Waals surface area (Å²) < 4.78 is 10.5. The molecule has 1 aromatic heterocycles. The molecule has 3 aromatic rings. The summed E-state index contributed by atoms with van der Waals surface area (Å²) in [5, 5.41) is 10.9. The van der Waals surface area contributed by atoms with Crippen molar-refractivity contribution in [3.05, 3.63) is 46.4 Å². The molecule has 1 aliphatic rings. The van der Waals surface area contributed by atoms with Crippen LogP contribution in [0.1, 0.15) is 38.5 Å². The molecule has 180 valence electrons. The number of halogens is 2. The van der Waals surface area contributed by atoms with Gasteiger partial charge in [0.15, 0.2) is 0 Å². The van der Waals surface area contributed by atoms with Crippen LogP contribution in [0.4, 0.5) is 29.2 Å². The molecule has 8 nitrogen and oxygen atoms in total. The number of nitrogens with zero attached hydrogens (tertiary/aromatic N) is 3. The Balaban J connectivity index is 1.61. The summed E-state index contributed by atoms with van der Waals surface area (Å²) in [7, 11) is 3.16. The van der Waals surface area contributed by atoms with Crippen LogP contribution in [0.2, 0.25) is 10.0 Å². The molecule has 0 amide bonds. The molecule has 0 aliphatic heterocycles. The Bertz CT molecular complexity index is 1050. The van der Waals surface area contributed by atoms with Gasteiger partial charge in [-0.25, -0.2) is 0 Å². The van der Waals surface area contributed by atoms with Crippen molar-refractivity contribution in [1.29, 1.82) is 0 Å². The monoisotopic (exact) mass is 502 g/mol. The molecule has 0 bridgehead atoms. The Morgan fingerprint density at radius 2 is 1.18 bits per heavy atom. The predicted octanol–water partition coefficient (Wildman–Crippen LogP) is 6.82. The van der Waals surface area contributed by atoms with Crippen molar-refractivity contribution >= 4 is 52.4 Å². The second-order valence-electron chi connectivity index (χ2n) is 8.09. The van der Waals surface area contributed by atoms with E-state index in [9.17, 15) is 0 Å². The molecule has 0 spiro atoms. The van der Waals surface area contributed by atoms with Crippen LogP contribution in [-0.4, -0.2) is 35.2 Å². The van der Waals surface area contributed by atoms with Crippen LogP contribution in [0.3, 0.4) is 0 Å². The molecule has 0 atom stereocenters. The van der Waals surface area contributed by atoms with E-state index in [2.05, 4.69) is 30.9 Å². The van der Waals surface area contributed by atoms with E-state index < -0.39 is 0 Å². The second-order valence-corrected chi connectivity index (χ2v) is 8.90. The molecule has 1 fully saturated rings. The van der Waals surface area contributed by atoms with Crippen LogP contribution < -0.4 is 25.4 Å². The maximum atomic E-state index is 6.28. The first-order chi connectivity index (χ1) is 16.5. The van der Waals surface area contributed by atoms with E-state index in [0.29, 0.717) is 45.4 Å². The van der Waals surface area contributed by atoms with Crippen LogP contribution in [-0.2, 0) is 0 Å². The molecule has 0 saturated heterocycles. The van der Waals surface area contributed by atoms with Gasteiger partial charge in [0, 0.05) is 17.4 Å². The van der Waals surface area contributed by atoms with E-state index in [-0.39, 0.29) is 0 Å². The van der Waals surface area contributed by atoms with E-state index in [1.165, 1.54) is 25.7 Å². The van der Waals surface area contributed by atoms with Gasteiger partial charge in [0.25, 0.3) is 0 Å². The van der Waals surface area contributed by atoms with Gasteiger partial charge in [-0.1, -0.05) is 48.9 Å². The van der Waals surface area contributed by atoms with E-state index >= 15 is 0 Å². The summed E-state index contributed by atoms with van der Waals surface area (Å²) in [6, 6.07) is 11.1. The standard InChI is InChI=1S/C24H28Cl2N6O2/c1-33-20-11-9-16(13-18(20)25)28-23-30-22(27-15-7-5-3-4-6-8-15)31-24(32-23)29-17-10-12-21(34-2)19(26)14-17/h9-15H,3-8H2,1-2H3,(H3,27,28,29,30,31,32). The third-order valence-electron chi connectivity index (χ3n) is 5.64. The van der Waals surface area contributed by atoms with Gasteiger partial charge in [0.05, 0.1) is 24.3 Å². The van der Waals surface area contributed by atoms with Crippen molar-refractivity contribution in [3.8, 4) is 11.5 Å². The van der Waals surface area contributed by atoms with Gasteiger partial charge in [-0.15, -0.1) is 0 Å². The largest absolute Gasteiger partial charge is 0.495 e. The van der Waals surface area contributed by atoms with Gasteiger partial charge in [-0.05, 0) is 49.2 Å². The number of ether oxygens (including phenoxy) is 2. The molecular formula is C24H28Cl2N6O2. The summed E-state index contributed by atoms with van der Waals surface area (Å²) in [6.45, 7) is 0. The van der Waals surface area contributed by atoms with Gasteiger partial charge in [0.1, 0.15) is 11.5 Å². The third kappa shape index (κ3) is 6.33. The number of hydrogen-bond acceptors (Lipinski definition) is 8. The van der Waals surface area contributed by atoms with Crippen molar-refractivity contribution in [1.82, 2.24) is 15.0 Å². The Morgan fingerprint density at radius 1 is 0.706 bits per heavy atom. The summed E-state index contributed by atoms with van der Waals surface area (Å²) >= 11 is 12.6. The molecule has 10 heteroatoms. The van der Waals surface area contributed by atoms with E-state index in [1.54, 1.807) is 38.5 Å². The summed E-state index contributed by atoms with van der Waals surface area (Å²) in [4.78, 5) is 13.8. The lowest BCUT2D eigenvalue weighted by Gasteiger charge is -2.17. The molecule has 0 unspecified atom stereocenters.